The van der Waals surface area contributed by atoms with Gasteiger partial charge in [0.05, 0.1) is 17.6 Å². The quantitative estimate of drug-likeness (QED) is 0.705. The van der Waals surface area contributed by atoms with Gasteiger partial charge in [0, 0.05) is 13.0 Å². The summed E-state index contributed by atoms with van der Waals surface area (Å²) in [5, 5.41) is 2.96. The number of allylic oxidation sites excluding steroid dienone is 1. The molecule has 0 saturated carbocycles. The minimum Gasteiger partial charge on any atom is -0.349 e. The van der Waals surface area contributed by atoms with Gasteiger partial charge < -0.3 is 9.88 Å². The van der Waals surface area contributed by atoms with Gasteiger partial charge >= 0.3 is 0 Å². The van der Waals surface area contributed by atoms with Crippen LogP contribution in [0.5, 0.6) is 0 Å². The zero-order chi connectivity index (χ0) is 17.5. The van der Waals surface area contributed by atoms with Crippen LogP contribution in [0.25, 0.3) is 17.1 Å². The number of nitrogens with one attached hydrogen (secondary N) is 1. The number of nitrogens with zero attached hydrogens (tertiary/aromatic N) is 2. The minimum atomic E-state index is 0.0703. The summed E-state index contributed by atoms with van der Waals surface area (Å²) in [5.41, 5.74) is 3.21. The Kier molecular flexibility index (Phi) is 5.62. The van der Waals surface area contributed by atoms with E-state index in [1.165, 1.54) is 5.56 Å². The van der Waals surface area contributed by atoms with Crippen LogP contribution in [-0.2, 0) is 17.9 Å². The van der Waals surface area contributed by atoms with Crippen LogP contribution in [-0.4, -0.2) is 15.5 Å². The Morgan fingerprint density at radius 2 is 1.88 bits per heavy atom. The molecule has 25 heavy (non-hydrogen) atoms. The summed E-state index contributed by atoms with van der Waals surface area (Å²) >= 11 is 0. The van der Waals surface area contributed by atoms with Gasteiger partial charge in [-0.15, -0.1) is 0 Å². The van der Waals surface area contributed by atoms with E-state index in [0.717, 1.165) is 23.3 Å². The maximum absolute atomic E-state index is 11.8. The van der Waals surface area contributed by atoms with Crippen LogP contribution in [0.4, 0.5) is 0 Å². The predicted molar refractivity (Wildman–Crippen MR) is 102 cm³/mol. The number of benzene rings is 2. The van der Waals surface area contributed by atoms with Crippen molar-refractivity contribution in [3.05, 3.63) is 72.1 Å². The molecule has 2 aromatic carbocycles. The van der Waals surface area contributed by atoms with Gasteiger partial charge in [0.1, 0.15) is 5.82 Å². The SMILES string of the molecule is CCCC(=O)NCc1nc2ccccc2n1C/C=C/c1ccccc1. The van der Waals surface area contributed by atoms with E-state index in [0.29, 0.717) is 19.5 Å². The maximum Gasteiger partial charge on any atom is 0.220 e. The molecule has 0 aliphatic carbocycles. The second-order valence-electron chi connectivity index (χ2n) is 5.97. The fourth-order valence-electron chi connectivity index (χ4n) is 2.82. The molecule has 0 spiro atoms. The van der Waals surface area contributed by atoms with Gasteiger partial charge in [0.15, 0.2) is 0 Å². The zero-order valence-electron chi connectivity index (χ0n) is 14.5. The Labute approximate surface area is 148 Å². The molecule has 1 aromatic heterocycles. The summed E-state index contributed by atoms with van der Waals surface area (Å²) in [6.45, 7) is 3.17. The standard InChI is InChI=1S/C21H23N3O/c1-2-9-21(25)22-16-20-23-18-13-6-7-14-19(18)24(20)15-8-12-17-10-4-3-5-11-17/h3-8,10-14H,2,9,15-16H2,1H3,(H,22,25)/b12-8+. The second-order valence-corrected chi connectivity index (χ2v) is 5.97. The number of amides is 1. The highest BCUT2D eigenvalue weighted by molar-refractivity contribution is 5.77. The largest absolute Gasteiger partial charge is 0.349 e. The van der Waals surface area contributed by atoms with Crippen LogP contribution in [0.15, 0.2) is 60.7 Å². The van der Waals surface area contributed by atoms with Crippen LogP contribution < -0.4 is 5.32 Å². The molecule has 0 radical (unpaired) electrons. The van der Waals surface area contributed by atoms with E-state index in [4.69, 9.17) is 0 Å². The van der Waals surface area contributed by atoms with Crippen molar-refractivity contribution in [1.82, 2.24) is 14.9 Å². The molecular weight excluding hydrogens is 310 g/mol. The second kappa shape index (κ2) is 8.29. The highest BCUT2D eigenvalue weighted by Crippen LogP contribution is 2.16. The highest BCUT2D eigenvalue weighted by Gasteiger charge is 2.10. The van der Waals surface area contributed by atoms with Crippen molar-refractivity contribution in [1.29, 1.82) is 0 Å². The Hall–Kier alpha value is -2.88. The van der Waals surface area contributed by atoms with E-state index in [1.54, 1.807) is 0 Å². The Morgan fingerprint density at radius 3 is 2.68 bits per heavy atom. The average molecular weight is 333 g/mol. The number of carbonyl (C=O) groups is 1. The number of hydrogen-bond donors (Lipinski definition) is 1. The molecule has 3 aromatic rings. The molecule has 3 rings (SSSR count). The van der Waals surface area contributed by atoms with Crippen molar-refractivity contribution in [3.8, 4) is 0 Å². The van der Waals surface area contributed by atoms with Gasteiger partial charge in [0.25, 0.3) is 0 Å². The summed E-state index contributed by atoms with van der Waals surface area (Å²) < 4.78 is 2.15. The number of carbonyl (C=O) groups excluding carboxylic acids is 1. The first-order chi connectivity index (χ1) is 12.3. The van der Waals surface area contributed by atoms with Gasteiger partial charge in [0.2, 0.25) is 5.91 Å². The average Bonchev–Trinajstić information content (AvgIpc) is 2.99. The van der Waals surface area contributed by atoms with Crippen molar-refractivity contribution in [3.63, 3.8) is 0 Å². The van der Waals surface area contributed by atoms with E-state index in [-0.39, 0.29) is 5.91 Å². The first-order valence-corrected chi connectivity index (χ1v) is 8.70. The summed E-state index contributed by atoms with van der Waals surface area (Å²) in [6, 6.07) is 18.3. The molecule has 4 nitrogen and oxygen atoms in total. The predicted octanol–water partition coefficient (Wildman–Crippen LogP) is 4.17. The fraction of sp³-hybridized carbons (Fsp3) is 0.238. The fourth-order valence-corrected chi connectivity index (χ4v) is 2.82. The Balaban J connectivity index is 1.80. The molecule has 1 heterocycles. The number of hydrogen-bond acceptors (Lipinski definition) is 2. The smallest absolute Gasteiger partial charge is 0.220 e. The van der Waals surface area contributed by atoms with Gasteiger partial charge in [-0.1, -0.05) is 61.5 Å². The minimum absolute atomic E-state index is 0.0703. The monoisotopic (exact) mass is 333 g/mol. The van der Waals surface area contributed by atoms with Crippen molar-refractivity contribution < 1.29 is 4.79 Å². The van der Waals surface area contributed by atoms with Crippen LogP contribution in [0.2, 0.25) is 0 Å². The molecule has 0 aliphatic rings. The lowest BCUT2D eigenvalue weighted by Crippen LogP contribution is -2.24. The molecule has 1 N–H and O–H groups in total. The Bertz CT molecular complexity index is 865. The summed E-state index contributed by atoms with van der Waals surface area (Å²) in [7, 11) is 0. The molecule has 4 heteroatoms. The Morgan fingerprint density at radius 1 is 1.12 bits per heavy atom. The normalized spacial score (nSPS) is 11.2. The third kappa shape index (κ3) is 4.35. The molecule has 0 fully saturated rings. The van der Waals surface area contributed by atoms with Crippen LogP contribution in [0, 0.1) is 0 Å². The molecule has 128 valence electrons. The molecule has 1 amide bonds. The third-order valence-electron chi connectivity index (χ3n) is 4.05. The number of aromatic nitrogens is 2. The van der Waals surface area contributed by atoms with Crippen molar-refractivity contribution in [2.24, 2.45) is 0 Å². The lowest BCUT2D eigenvalue weighted by Gasteiger charge is -2.08. The van der Waals surface area contributed by atoms with E-state index < -0.39 is 0 Å². The van der Waals surface area contributed by atoms with Gasteiger partial charge in [-0.3, -0.25) is 4.79 Å². The number of fused-ring (bicyclic) bond motifs is 1. The molecule has 0 bridgehead atoms. The number of para-hydroxylation sites is 2. The molecule has 0 unspecified atom stereocenters. The van der Waals surface area contributed by atoms with Gasteiger partial charge in [-0.05, 0) is 24.1 Å². The number of rotatable bonds is 7. The molecule has 0 aliphatic heterocycles. The summed E-state index contributed by atoms with van der Waals surface area (Å²) in [4.78, 5) is 16.5. The van der Waals surface area contributed by atoms with Gasteiger partial charge in [-0.2, -0.15) is 0 Å². The maximum atomic E-state index is 11.8. The molecular formula is C21H23N3O. The van der Waals surface area contributed by atoms with Crippen molar-refractivity contribution in [2.45, 2.75) is 32.9 Å². The van der Waals surface area contributed by atoms with Crippen molar-refractivity contribution in [2.75, 3.05) is 0 Å². The first kappa shape index (κ1) is 17.0. The first-order valence-electron chi connectivity index (χ1n) is 8.70. The van der Waals surface area contributed by atoms with E-state index in [9.17, 15) is 4.79 Å². The van der Waals surface area contributed by atoms with E-state index in [1.807, 2.05) is 43.3 Å². The summed E-state index contributed by atoms with van der Waals surface area (Å²) in [5.74, 6) is 0.948. The lowest BCUT2D eigenvalue weighted by atomic mass is 10.2. The molecule has 0 atom stereocenters. The summed E-state index contributed by atoms with van der Waals surface area (Å²) in [6.07, 6.45) is 5.63. The molecule has 0 saturated heterocycles. The number of imidazole rings is 1. The van der Waals surface area contributed by atoms with E-state index >= 15 is 0 Å². The third-order valence-corrected chi connectivity index (χ3v) is 4.05. The van der Waals surface area contributed by atoms with Gasteiger partial charge in [-0.25, -0.2) is 4.98 Å². The topological polar surface area (TPSA) is 46.9 Å². The van der Waals surface area contributed by atoms with Crippen LogP contribution in [0.1, 0.15) is 31.2 Å². The lowest BCUT2D eigenvalue weighted by molar-refractivity contribution is -0.121. The zero-order valence-corrected chi connectivity index (χ0v) is 14.5. The van der Waals surface area contributed by atoms with Crippen molar-refractivity contribution >= 4 is 23.0 Å². The van der Waals surface area contributed by atoms with Crippen LogP contribution in [0.3, 0.4) is 0 Å². The van der Waals surface area contributed by atoms with Crippen LogP contribution >= 0.6 is 0 Å². The highest BCUT2D eigenvalue weighted by atomic mass is 16.1. The van der Waals surface area contributed by atoms with E-state index in [2.05, 4.69) is 45.2 Å².